The third-order valence-electron chi connectivity index (χ3n) is 1.69. The zero-order valence-corrected chi connectivity index (χ0v) is 9.42. The predicted octanol–water partition coefficient (Wildman–Crippen LogP) is 2.72. The van der Waals surface area contributed by atoms with Gasteiger partial charge in [-0.2, -0.15) is 0 Å². The number of rotatable bonds is 5. The topological polar surface area (TPSA) is 63.4 Å². The SMILES string of the molecule is O=[N+]([O-])c1c(Cl)cccc1SCCCO. The van der Waals surface area contributed by atoms with Crippen molar-refractivity contribution >= 4 is 29.1 Å². The van der Waals surface area contributed by atoms with Crippen LogP contribution < -0.4 is 0 Å². The Morgan fingerprint density at radius 3 is 2.87 bits per heavy atom. The summed E-state index contributed by atoms with van der Waals surface area (Å²) in [5, 5.41) is 19.5. The van der Waals surface area contributed by atoms with Crippen molar-refractivity contribution in [2.75, 3.05) is 12.4 Å². The van der Waals surface area contributed by atoms with Crippen LogP contribution in [0.15, 0.2) is 23.1 Å². The fourth-order valence-corrected chi connectivity index (χ4v) is 2.32. The first-order chi connectivity index (χ1) is 7.16. The van der Waals surface area contributed by atoms with Gasteiger partial charge in [0, 0.05) is 12.4 Å². The average Bonchev–Trinajstić information content (AvgIpc) is 2.17. The standard InChI is InChI=1S/C9H10ClNO3S/c10-7-3-1-4-8(9(7)11(13)14)15-6-2-5-12/h1,3-4,12H,2,5-6H2. The van der Waals surface area contributed by atoms with Gasteiger partial charge in [0.1, 0.15) is 5.02 Å². The van der Waals surface area contributed by atoms with E-state index in [4.69, 9.17) is 16.7 Å². The van der Waals surface area contributed by atoms with E-state index in [-0.39, 0.29) is 17.3 Å². The van der Waals surface area contributed by atoms with Gasteiger partial charge >= 0.3 is 5.69 Å². The first-order valence-corrected chi connectivity index (χ1v) is 5.69. The van der Waals surface area contributed by atoms with E-state index in [2.05, 4.69) is 0 Å². The van der Waals surface area contributed by atoms with Gasteiger partial charge in [-0.3, -0.25) is 10.1 Å². The molecule has 0 heterocycles. The largest absolute Gasteiger partial charge is 0.396 e. The van der Waals surface area contributed by atoms with Crippen LogP contribution in [0.3, 0.4) is 0 Å². The third kappa shape index (κ3) is 3.37. The van der Waals surface area contributed by atoms with Gasteiger partial charge in [0.2, 0.25) is 0 Å². The Labute approximate surface area is 96.4 Å². The molecule has 0 bridgehead atoms. The van der Waals surface area contributed by atoms with Crippen molar-refractivity contribution in [3.63, 3.8) is 0 Å². The van der Waals surface area contributed by atoms with Gasteiger partial charge in [0.25, 0.3) is 0 Å². The molecule has 0 unspecified atom stereocenters. The van der Waals surface area contributed by atoms with Crippen molar-refractivity contribution in [2.45, 2.75) is 11.3 Å². The minimum Gasteiger partial charge on any atom is -0.396 e. The molecule has 0 amide bonds. The fraction of sp³-hybridized carbons (Fsp3) is 0.333. The molecule has 1 aromatic rings. The molecule has 0 saturated carbocycles. The number of thioether (sulfide) groups is 1. The summed E-state index contributed by atoms with van der Waals surface area (Å²) in [6.07, 6.45) is 0.605. The van der Waals surface area contributed by atoms with E-state index in [1.165, 1.54) is 17.8 Å². The van der Waals surface area contributed by atoms with Crippen LogP contribution in [-0.4, -0.2) is 22.4 Å². The lowest BCUT2D eigenvalue weighted by Gasteiger charge is -2.02. The Morgan fingerprint density at radius 1 is 1.53 bits per heavy atom. The molecule has 4 nitrogen and oxygen atoms in total. The van der Waals surface area contributed by atoms with Crippen LogP contribution in [0.2, 0.25) is 5.02 Å². The number of nitro groups is 1. The molecular formula is C9H10ClNO3S. The van der Waals surface area contributed by atoms with Gasteiger partial charge < -0.3 is 5.11 Å². The van der Waals surface area contributed by atoms with Crippen molar-refractivity contribution in [1.82, 2.24) is 0 Å². The van der Waals surface area contributed by atoms with Gasteiger partial charge in [-0.05, 0) is 18.6 Å². The number of aliphatic hydroxyl groups is 1. The molecule has 0 fully saturated rings. The second kappa shape index (κ2) is 5.95. The smallest absolute Gasteiger partial charge is 0.301 e. The monoisotopic (exact) mass is 247 g/mol. The number of hydrogen-bond donors (Lipinski definition) is 1. The normalized spacial score (nSPS) is 10.3. The maximum Gasteiger partial charge on any atom is 0.301 e. The maximum atomic E-state index is 10.7. The first-order valence-electron chi connectivity index (χ1n) is 4.33. The molecular weight excluding hydrogens is 238 g/mol. The number of benzene rings is 1. The summed E-state index contributed by atoms with van der Waals surface area (Å²) in [5.41, 5.74) is -0.0536. The van der Waals surface area contributed by atoms with Crippen molar-refractivity contribution < 1.29 is 10.0 Å². The molecule has 0 aromatic heterocycles. The Bertz CT molecular complexity index is 359. The average molecular weight is 248 g/mol. The highest BCUT2D eigenvalue weighted by Crippen LogP contribution is 2.35. The van der Waals surface area contributed by atoms with Gasteiger partial charge in [0.15, 0.2) is 0 Å². The van der Waals surface area contributed by atoms with Crippen LogP contribution in [-0.2, 0) is 0 Å². The highest BCUT2D eigenvalue weighted by molar-refractivity contribution is 7.99. The number of para-hydroxylation sites is 1. The Morgan fingerprint density at radius 2 is 2.27 bits per heavy atom. The molecule has 0 aliphatic carbocycles. The predicted molar refractivity (Wildman–Crippen MR) is 60.5 cm³/mol. The second-order valence-electron chi connectivity index (χ2n) is 2.77. The summed E-state index contributed by atoms with van der Waals surface area (Å²) in [6, 6.07) is 4.83. The van der Waals surface area contributed by atoms with Gasteiger partial charge in [0.05, 0.1) is 9.82 Å². The number of aliphatic hydroxyl groups excluding tert-OH is 1. The van der Waals surface area contributed by atoms with E-state index in [0.29, 0.717) is 17.1 Å². The van der Waals surface area contributed by atoms with E-state index in [0.717, 1.165) is 0 Å². The van der Waals surface area contributed by atoms with E-state index in [1.54, 1.807) is 12.1 Å². The number of nitrogens with zero attached hydrogens (tertiary/aromatic N) is 1. The summed E-state index contributed by atoms with van der Waals surface area (Å²) in [4.78, 5) is 10.8. The zero-order chi connectivity index (χ0) is 11.3. The highest BCUT2D eigenvalue weighted by Gasteiger charge is 2.17. The van der Waals surface area contributed by atoms with Crippen molar-refractivity contribution in [2.24, 2.45) is 0 Å². The summed E-state index contributed by atoms with van der Waals surface area (Å²) in [5.74, 6) is 0.637. The second-order valence-corrected chi connectivity index (χ2v) is 4.31. The summed E-state index contributed by atoms with van der Waals surface area (Å²) in [6.45, 7) is 0.0847. The molecule has 0 saturated heterocycles. The summed E-state index contributed by atoms with van der Waals surface area (Å²) >= 11 is 7.06. The molecule has 0 spiro atoms. The van der Waals surface area contributed by atoms with Crippen LogP contribution >= 0.6 is 23.4 Å². The molecule has 1 aromatic carbocycles. The zero-order valence-electron chi connectivity index (χ0n) is 7.85. The quantitative estimate of drug-likeness (QED) is 0.376. The number of nitro benzene ring substituents is 1. The third-order valence-corrected chi connectivity index (χ3v) is 3.13. The van der Waals surface area contributed by atoms with Gasteiger partial charge in [-0.25, -0.2) is 0 Å². The molecule has 15 heavy (non-hydrogen) atoms. The fourth-order valence-electron chi connectivity index (χ4n) is 1.04. The molecule has 1 rings (SSSR count). The lowest BCUT2D eigenvalue weighted by atomic mass is 10.3. The maximum absolute atomic E-state index is 10.7. The summed E-state index contributed by atoms with van der Waals surface area (Å²) < 4.78 is 0. The van der Waals surface area contributed by atoms with Crippen LogP contribution in [0.25, 0.3) is 0 Å². The van der Waals surface area contributed by atoms with Crippen molar-refractivity contribution in [1.29, 1.82) is 0 Å². The Hall–Kier alpha value is -0.780. The minimum absolute atomic E-state index is 0.0536. The van der Waals surface area contributed by atoms with Crippen LogP contribution in [0, 0.1) is 10.1 Å². The lowest BCUT2D eigenvalue weighted by molar-refractivity contribution is -0.387. The van der Waals surface area contributed by atoms with E-state index in [1.807, 2.05) is 0 Å². The molecule has 82 valence electrons. The highest BCUT2D eigenvalue weighted by atomic mass is 35.5. The Balaban J connectivity index is 2.86. The first kappa shape index (κ1) is 12.3. The van der Waals surface area contributed by atoms with E-state index in [9.17, 15) is 10.1 Å². The molecule has 0 atom stereocenters. The van der Waals surface area contributed by atoms with E-state index >= 15 is 0 Å². The van der Waals surface area contributed by atoms with Crippen molar-refractivity contribution in [3.8, 4) is 0 Å². The molecule has 1 N–H and O–H groups in total. The van der Waals surface area contributed by atoms with Gasteiger partial charge in [-0.1, -0.05) is 17.7 Å². The molecule has 6 heteroatoms. The molecule has 0 aliphatic heterocycles. The van der Waals surface area contributed by atoms with Crippen LogP contribution in [0.1, 0.15) is 6.42 Å². The molecule has 0 radical (unpaired) electrons. The number of hydrogen-bond acceptors (Lipinski definition) is 4. The van der Waals surface area contributed by atoms with Crippen LogP contribution in [0.5, 0.6) is 0 Å². The molecule has 0 aliphatic rings. The Kier molecular flexibility index (Phi) is 4.87. The minimum atomic E-state index is -0.483. The lowest BCUT2D eigenvalue weighted by Crippen LogP contribution is -1.93. The van der Waals surface area contributed by atoms with Gasteiger partial charge in [-0.15, -0.1) is 11.8 Å². The van der Waals surface area contributed by atoms with E-state index < -0.39 is 4.92 Å². The van der Waals surface area contributed by atoms with Crippen molar-refractivity contribution in [3.05, 3.63) is 33.3 Å². The summed E-state index contributed by atoms with van der Waals surface area (Å²) in [7, 11) is 0. The van der Waals surface area contributed by atoms with Crippen LogP contribution in [0.4, 0.5) is 5.69 Å². The number of halogens is 1.